The average Bonchev–Trinajstić information content (AvgIpc) is 3.41. The van der Waals surface area contributed by atoms with Gasteiger partial charge in [0, 0.05) is 25.8 Å². The molecule has 1 saturated heterocycles. The molecular formula is C27H40N6O4S. The number of benzene rings is 1. The molecule has 2 aliphatic rings. The van der Waals surface area contributed by atoms with Gasteiger partial charge in [-0.05, 0) is 68.9 Å². The Bertz CT molecular complexity index is 1220. The third kappa shape index (κ3) is 6.55. The highest BCUT2D eigenvalue weighted by Crippen LogP contribution is 2.32. The minimum atomic E-state index is -4.03. The monoisotopic (exact) mass is 544 g/mol. The number of imidazole rings is 1. The molecule has 1 fully saturated rings. The number of anilines is 1. The van der Waals surface area contributed by atoms with E-state index in [1.165, 1.54) is 0 Å². The molecule has 2 aliphatic heterocycles. The number of likely N-dealkylation sites (N-methyl/N-ethyl adjacent to an activating group) is 1. The van der Waals surface area contributed by atoms with Crippen molar-refractivity contribution in [3.05, 3.63) is 42.0 Å². The van der Waals surface area contributed by atoms with Crippen molar-refractivity contribution in [3.63, 3.8) is 0 Å². The summed E-state index contributed by atoms with van der Waals surface area (Å²) >= 11 is 0. The molecule has 208 valence electrons. The third-order valence-electron chi connectivity index (χ3n) is 7.48. The molecule has 0 aliphatic carbocycles. The van der Waals surface area contributed by atoms with Crippen molar-refractivity contribution in [2.75, 3.05) is 25.0 Å². The highest BCUT2D eigenvalue weighted by atomic mass is 32.2. The molecule has 0 bridgehead atoms. The largest absolute Gasteiger partial charge is 0.383 e. The number of amides is 2. The number of sulfonamides is 1. The smallest absolute Gasteiger partial charge is 0.243 e. The van der Waals surface area contributed by atoms with Crippen LogP contribution in [0.1, 0.15) is 57.7 Å². The summed E-state index contributed by atoms with van der Waals surface area (Å²) in [6.07, 6.45) is 6.95. The first-order valence-corrected chi connectivity index (χ1v) is 15.1. The molecule has 2 unspecified atom stereocenters. The number of aromatic nitrogens is 2. The van der Waals surface area contributed by atoms with Crippen molar-refractivity contribution >= 4 is 27.5 Å². The molecule has 3 heterocycles. The number of likely N-dealkylation sites (tertiary alicyclic amines) is 1. The highest BCUT2D eigenvalue weighted by Gasteiger charge is 2.39. The quantitative estimate of drug-likeness (QED) is 0.363. The standard InChI is InChI=1S/C27H40N6O4S/c1-4-29-26(34)23-14-18(2)11-12-33(23)27(35)22(9-6-8-21-16-28-17-31-21)32-38(36,37)24-10-5-7-20-13-19(3)15-30-25(20)24/h5,7,10,16-19,22-23,30,32H,4,6,8-9,11-15H2,1-3H3,(H,28,31)(H,29,34)/t18-,19?,22?,23-/m1/s1. The van der Waals surface area contributed by atoms with Crippen LogP contribution >= 0.6 is 0 Å². The number of hydrogen-bond donors (Lipinski definition) is 4. The fourth-order valence-electron chi connectivity index (χ4n) is 5.44. The Morgan fingerprint density at radius 1 is 1.24 bits per heavy atom. The number of nitrogens with zero attached hydrogens (tertiary/aromatic N) is 2. The lowest BCUT2D eigenvalue weighted by atomic mass is 9.91. The minimum Gasteiger partial charge on any atom is -0.383 e. The molecule has 4 rings (SSSR count). The Labute approximate surface area is 225 Å². The molecule has 0 spiro atoms. The number of carbonyl (C=O) groups excluding carboxylic acids is 2. The number of para-hydroxylation sites is 1. The Morgan fingerprint density at radius 2 is 2.05 bits per heavy atom. The van der Waals surface area contributed by atoms with Gasteiger partial charge in [-0.15, -0.1) is 0 Å². The van der Waals surface area contributed by atoms with Gasteiger partial charge in [-0.2, -0.15) is 4.72 Å². The molecule has 38 heavy (non-hydrogen) atoms. The molecule has 11 heteroatoms. The van der Waals surface area contributed by atoms with Crippen LogP contribution in [-0.4, -0.2) is 66.8 Å². The van der Waals surface area contributed by atoms with Gasteiger partial charge in [0.25, 0.3) is 0 Å². The van der Waals surface area contributed by atoms with Crippen molar-refractivity contribution in [1.82, 2.24) is 24.9 Å². The molecule has 0 radical (unpaired) electrons. The van der Waals surface area contributed by atoms with Crippen LogP contribution in [-0.2, 0) is 32.5 Å². The van der Waals surface area contributed by atoms with E-state index < -0.39 is 22.1 Å². The van der Waals surface area contributed by atoms with Gasteiger partial charge in [0.1, 0.15) is 17.0 Å². The van der Waals surface area contributed by atoms with E-state index >= 15 is 0 Å². The number of aromatic amines is 1. The lowest BCUT2D eigenvalue weighted by Crippen LogP contribution is -2.58. The number of carbonyl (C=O) groups is 2. The first-order valence-electron chi connectivity index (χ1n) is 13.6. The third-order valence-corrected chi connectivity index (χ3v) is 8.99. The molecule has 2 aromatic rings. The lowest BCUT2D eigenvalue weighted by Gasteiger charge is -2.39. The number of fused-ring (bicyclic) bond motifs is 1. The van der Waals surface area contributed by atoms with Gasteiger partial charge in [0.2, 0.25) is 21.8 Å². The second kappa shape index (κ2) is 12.3. The average molecular weight is 545 g/mol. The number of aryl methyl sites for hydroxylation is 1. The Kier molecular flexibility index (Phi) is 9.09. The second-order valence-electron chi connectivity index (χ2n) is 10.7. The van der Waals surface area contributed by atoms with Crippen LogP contribution in [0.3, 0.4) is 0 Å². The number of piperidine rings is 1. The summed E-state index contributed by atoms with van der Waals surface area (Å²) in [4.78, 5) is 35.7. The predicted octanol–water partition coefficient (Wildman–Crippen LogP) is 2.45. The highest BCUT2D eigenvalue weighted by molar-refractivity contribution is 7.89. The Balaban J connectivity index is 1.60. The zero-order chi connectivity index (χ0) is 27.3. The number of H-pyrrole nitrogens is 1. The lowest BCUT2D eigenvalue weighted by molar-refractivity contribution is -0.144. The van der Waals surface area contributed by atoms with Gasteiger partial charge >= 0.3 is 0 Å². The van der Waals surface area contributed by atoms with Gasteiger partial charge in [-0.25, -0.2) is 13.4 Å². The summed E-state index contributed by atoms with van der Waals surface area (Å²) in [5.41, 5.74) is 2.41. The Morgan fingerprint density at radius 3 is 2.79 bits per heavy atom. The maximum Gasteiger partial charge on any atom is 0.243 e. The first-order chi connectivity index (χ1) is 18.2. The van der Waals surface area contributed by atoms with Crippen molar-refractivity contribution in [1.29, 1.82) is 0 Å². The molecule has 1 aromatic carbocycles. The minimum absolute atomic E-state index is 0.152. The summed E-state index contributed by atoms with van der Waals surface area (Å²) in [6.45, 7) is 7.61. The van der Waals surface area contributed by atoms with E-state index in [1.54, 1.807) is 29.6 Å². The predicted molar refractivity (Wildman–Crippen MR) is 146 cm³/mol. The maximum absolute atomic E-state index is 13.9. The van der Waals surface area contributed by atoms with Crippen LogP contribution in [0.5, 0.6) is 0 Å². The summed E-state index contributed by atoms with van der Waals surface area (Å²) in [5, 5.41) is 6.12. The van der Waals surface area contributed by atoms with Crippen LogP contribution in [0.15, 0.2) is 35.6 Å². The van der Waals surface area contributed by atoms with Gasteiger partial charge < -0.3 is 20.5 Å². The normalized spacial score (nSPS) is 22.3. The van der Waals surface area contributed by atoms with Crippen LogP contribution in [0.4, 0.5) is 5.69 Å². The van der Waals surface area contributed by atoms with Crippen LogP contribution in [0, 0.1) is 11.8 Å². The summed E-state index contributed by atoms with van der Waals surface area (Å²) in [6, 6.07) is 3.66. The molecule has 2 amide bonds. The maximum atomic E-state index is 13.9. The van der Waals surface area contributed by atoms with Crippen molar-refractivity contribution < 1.29 is 18.0 Å². The van der Waals surface area contributed by atoms with E-state index in [2.05, 4.69) is 39.2 Å². The zero-order valence-corrected chi connectivity index (χ0v) is 23.3. The van der Waals surface area contributed by atoms with E-state index in [9.17, 15) is 18.0 Å². The number of hydrogen-bond acceptors (Lipinski definition) is 6. The van der Waals surface area contributed by atoms with Crippen LogP contribution in [0.2, 0.25) is 0 Å². The number of nitrogens with one attached hydrogen (secondary N) is 4. The van der Waals surface area contributed by atoms with Crippen LogP contribution in [0.25, 0.3) is 0 Å². The van der Waals surface area contributed by atoms with E-state index in [0.29, 0.717) is 62.8 Å². The fraction of sp³-hybridized carbons (Fsp3) is 0.593. The molecule has 4 atom stereocenters. The van der Waals surface area contributed by atoms with Crippen molar-refractivity contribution in [2.45, 2.75) is 76.3 Å². The molecule has 0 saturated carbocycles. The van der Waals surface area contributed by atoms with E-state index in [4.69, 9.17) is 0 Å². The zero-order valence-electron chi connectivity index (χ0n) is 22.5. The first kappa shape index (κ1) is 28.1. The topological polar surface area (TPSA) is 136 Å². The van der Waals surface area contributed by atoms with Gasteiger partial charge in [0.05, 0.1) is 17.7 Å². The summed E-state index contributed by atoms with van der Waals surface area (Å²) < 4.78 is 30.2. The molecule has 4 N–H and O–H groups in total. The number of rotatable bonds is 10. The van der Waals surface area contributed by atoms with Crippen molar-refractivity contribution in [2.24, 2.45) is 11.8 Å². The van der Waals surface area contributed by atoms with Gasteiger partial charge in [-0.3, -0.25) is 9.59 Å². The van der Waals surface area contributed by atoms with Gasteiger partial charge in [0.15, 0.2) is 0 Å². The summed E-state index contributed by atoms with van der Waals surface area (Å²) in [5.74, 6) is 0.148. The molecule has 1 aromatic heterocycles. The van der Waals surface area contributed by atoms with Gasteiger partial charge in [-0.1, -0.05) is 26.0 Å². The van der Waals surface area contributed by atoms with Crippen LogP contribution < -0.4 is 15.4 Å². The fourth-order valence-corrected chi connectivity index (χ4v) is 6.89. The molecule has 10 nitrogen and oxygen atoms in total. The molecular weight excluding hydrogens is 504 g/mol. The van der Waals surface area contributed by atoms with Crippen molar-refractivity contribution in [3.8, 4) is 0 Å². The SMILES string of the molecule is CCNC(=O)[C@H]1C[C@H](C)CCN1C(=O)C(CCCc1c[nH]cn1)NS(=O)(=O)c1cccc2c1NCC(C)C2. The van der Waals surface area contributed by atoms with E-state index in [1.807, 2.05) is 13.0 Å². The second-order valence-corrected chi connectivity index (χ2v) is 12.4. The van der Waals surface area contributed by atoms with E-state index in [0.717, 1.165) is 24.1 Å². The summed E-state index contributed by atoms with van der Waals surface area (Å²) in [7, 11) is -4.03. The van der Waals surface area contributed by atoms with E-state index in [-0.39, 0.29) is 16.7 Å². The Hall–Kier alpha value is -2.92.